The third-order valence-electron chi connectivity index (χ3n) is 3.48. The van der Waals surface area contributed by atoms with Crippen LogP contribution >= 0.6 is 0 Å². The molecule has 25 heavy (non-hydrogen) atoms. The predicted octanol–water partition coefficient (Wildman–Crippen LogP) is 3.59. The number of nitrogens with one attached hydrogen (secondary N) is 1. The van der Waals surface area contributed by atoms with E-state index in [1.807, 2.05) is 37.2 Å². The highest BCUT2D eigenvalue weighted by Crippen LogP contribution is 2.23. The third-order valence-corrected chi connectivity index (χ3v) is 3.48. The van der Waals surface area contributed by atoms with E-state index in [2.05, 4.69) is 15.3 Å². The van der Waals surface area contributed by atoms with Gasteiger partial charge in [0.15, 0.2) is 0 Å². The molecule has 0 spiro atoms. The van der Waals surface area contributed by atoms with Crippen LogP contribution in [0.2, 0.25) is 0 Å². The van der Waals surface area contributed by atoms with Gasteiger partial charge in [0.25, 0.3) is 5.91 Å². The van der Waals surface area contributed by atoms with Crippen molar-refractivity contribution in [2.24, 2.45) is 0 Å². The zero-order chi connectivity index (χ0) is 17.6. The average Bonchev–Trinajstić information content (AvgIpc) is 2.63. The summed E-state index contributed by atoms with van der Waals surface area (Å²) in [6, 6.07) is 14.6. The molecule has 0 aliphatic carbocycles. The first-order valence-electron chi connectivity index (χ1n) is 7.74. The van der Waals surface area contributed by atoms with Gasteiger partial charge in [-0.15, -0.1) is 0 Å². The van der Waals surface area contributed by atoms with Crippen LogP contribution in [0.1, 0.15) is 10.4 Å². The van der Waals surface area contributed by atoms with Gasteiger partial charge in [-0.1, -0.05) is 12.1 Å². The Morgan fingerprint density at radius 2 is 1.92 bits per heavy atom. The van der Waals surface area contributed by atoms with Crippen molar-refractivity contribution in [3.8, 4) is 11.6 Å². The molecule has 1 amide bonds. The fraction of sp³-hybridized carbons (Fsp3) is 0.105. The zero-order valence-electron chi connectivity index (χ0n) is 14.0. The van der Waals surface area contributed by atoms with Gasteiger partial charge in [-0.2, -0.15) is 0 Å². The summed E-state index contributed by atoms with van der Waals surface area (Å²) in [5.41, 5.74) is 2.19. The van der Waals surface area contributed by atoms with Gasteiger partial charge in [0, 0.05) is 49.5 Å². The number of nitrogens with zero attached hydrogens (tertiary/aromatic N) is 3. The minimum Gasteiger partial charge on any atom is -0.437 e. The van der Waals surface area contributed by atoms with E-state index in [9.17, 15) is 4.79 Å². The highest BCUT2D eigenvalue weighted by Gasteiger charge is 2.08. The van der Waals surface area contributed by atoms with Gasteiger partial charge < -0.3 is 15.0 Å². The van der Waals surface area contributed by atoms with Gasteiger partial charge >= 0.3 is 0 Å². The van der Waals surface area contributed by atoms with Gasteiger partial charge in [0.2, 0.25) is 5.88 Å². The maximum atomic E-state index is 12.5. The van der Waals surface area contributed by atoms with Crippen molar-refractivity contribution < 1.29 is 9.53 Å². The Labute approximate surface area is 146 Å². The number of rotatable bonds is 5. The van der Waals surface area contributed by atoms with E-state index in [1.54, 1.807) is 42.7 Å². The van der Waals surface area contributed by atoms with E-state index in [4.69, 9.17) is 4.74 Å². The number of amides is 1. The fourth-order valence-electron chi connectivity index (χ4n) is 2.22. The quantitative estimate of drug-likeness (QED) is 0.772. The van der Waals surface area contributed by atoms with Crippen molar-refractivity contribution in [2.75, 3.05) is 24.3 Å². The Morgan fingerprint density at radius 3 is 2.68 bits per heavy atom. The summed E-state index contributed by atoms with van der Waals surface area (Å²) in [7, 11) is 3.87. The molecule has 0 radical (unpaired) electrons. The average molecular weight is 334 g/mol. The van der Waals surface area contributed by atoms with E-state index in [0.717, 1.165) is 5.69 Å². The molecule has 0 atom stereocenters. The summed E-state index contributed by atoms with van der Waals surface area (Å²) in [5, 5.41) is 2.88. The molecule has 6 heteroatoms. The van der Waals surface area contributed by atoms with Crippen molar-refractivity contribution in [2.45, 2.75) is 0 Å². The van der Waals surface area contributed by atoms with E-state index < -0.39 is 0 Å². The first-order chi connectivity index (χ1) is 12.1. The summed E-state index contributed by atoms with van der Waals surface area (Å²) in [6.07, 6.45) is 4.65. The van der Waals surface area contributed by atoms with Crippen LogP contribution in [0.15, 0.2) is 67.1 Å². The first kappa shape index (κ1) is 16.4. The second-order valence-corrected chi connectivity index (χ2v) is 5.57. The van der Waals surface area contributed by atoms with E-state index in [0.29, 0.717) is 22.9 Å². The van der Waals surface area contributed by atoms with Gasteiger partial charge in [-0.05, 0) is 30.3 Å². The maximum Gasteiger partial charge on any atom is 0.255 e. The molecular formula is C19H18N4O2. The summed E-state index contributed by atoms with van der Waals surface area (Å²) in [5.74, 6) is 0.783. The molecule has 2 aromatic carbocycles. The summed E-state index contributed by atoms with van der Waals surface area (Å²) < 4.78 is 5.63. The van der Waals surface area contributed by atoms with Crippen LogP contribution in [-0.4, -0.2) is 30.0 Å². The summed E-state index contributed by atoms with van der Waals surface area (Å²) >= 11 is 0. The Morgan fingerprint density at radius 1 is 1.08 bits per heavy atom. The highest BCUT2D eigenvalue weighted by molar-refractivity contribution is 6.04. The van der Waals surface area contributed by atoms with Gasteiger partial charge in [-0.25, -0.2) is 4.98 Å². The van der Waals surface area contributed by atoms with Gasteiger partial charge in [-0.3, -0.25) is 9.78 Å². The molecule has 0 fully saturated rings. The van der Waals surface area contributed by atoms with Crippen molar-refractivity contribution in [1.29, 1.82) is 0 Å². The van der Waals surface area contributed by atoms with Crippen molar-refractivity contribution in [1.82, 2.24) is 9.97 Å². The number of ether oxygens (including phenoxy) is 1. The lowest BCUT2D eigenvalue weighted by molar-refractivity contribution is 0.102. The molecule has 1 heterocycles. The maximum absolute atomic E-state index is 12.5. The molecule has 0 aliphatic heterocycles. The van der Waals surface area contributed by atoms with Crippen LogP contribution in [0.5, 0.6) is 11.6 Å². The molecule has 0 unspecified atom stereocenters. The number of carbonyl (C=O) groups is 1. The predicted molar refractivity (Wildman–Crippen MR) is 97.3 cm³/mol. The Balaban J connectivity index is 1.73. The van der Waals surface area contributed by atoms with Crippen LogP contribution in [0.4, 0.5) is 11.4 Å². The molecule has 0 saturated carbocycles. The van der Waals surface area contributed by atoms with E-state index >= 15 is 0 Å². The first-order valence-corrected chi connectivity index (χ1v) is 7.74. The van der Waals surface area contributed by atoms with Crippen LogP contribution in [-0.2, 0) is 0 Å². The number of aromatic nitrogens is 2. The fourth-order valence-corrected chi connectivity index (χ4v) is 2.22. The van der Waals surface area contributed by atoms with E-state index in [1.165, 1.54) is 6.20 Å². The molecule has 1 N–H and O–H groups in total. The standard InChI is InChI=1S/C19H18N4O2/c1-23(2)16-7-3-5-14(11-16)19(24)22-15-6-4-8-17(12-15)25-18-13-20-9-10-21-18/h3-13H,1-2H3,(H,22,24). The third kappa shape index (κ3) is 4.32. The molecule has 0 bridgehead atoms. The molecule has 0 saturated heterocycles. The number of hydrogen-bond acceptors (Lipinski definition) is 5. The Kier molecular flexibility index (Phi) is 4.89. The monoisotopic (exact) mass is 334 g/mol. The molecule has 3 aromatic rings. The Hall–Kier alpha value is -3.41. The van der Waals surface area contributed by atoms with Gasteiger partial charge in [0.1, 0.15) is 5.75 Å². The number of hydrogen-bond donors (Lipinski definition) is 1. The Bertz CT molecular complexity index is 866. The second-order valence-electron chi connectivity index (χ2n) is 5.57. The normalized spacial score (nSPS) is 10.2. The lowest BCUT2D eigenvalue weighted by Gasteiger charge is -2.13. The van der Waals surface area contributed by atoms with Crippen LogP contribution in [0.3, 0.4) is 0 Å². The number of carbonyl (C=O) groups excluding carboxylic acids is 1. The molecule has 0 aliphatic rings. The molecule has 1 aromatic heterocycles. The van der Waals surface area contributed by atoms with Crippen LogP contribution < -0.4 is 15.0 Å². The second kappa shape index (κ2) is 7.44. The summed E-state index contributed by atoms with van der Waals surface area (Å²) in [6.45, 7) is 0. The SMILES string of the molecule is CN(C)c1cccc(C(=O)Nc2cccc(Oc3cnccn3)c2)c1. The van der Waals surface area contributed by atoms with Crippen molar-refractivity contribution in [3.63, 3.8) is 0 Å². The molecular weight excluding hydrogens is 316 g/mol. The lowest BCUT2D eigenvalue weighted by atomic mass is 10.1. The van der Waals surface area contributed by atoms with E-state index in [-0.39, 0.29) is 5.91 Å². The molecule has 3 rings (SSSR count). The molecule has 6 nitrogen and oxygen atoms in total. The zero-order valence-corrected chi connectivity index (χ0v) is 14.0. The van der Waals surface area contributed by atoms with Crippen molar-refractivity contribution in [3.05, 3.63) is 72.7 Å². The largest absolute Gasteiger partial charge is 0.437 e. The highest BCUT2D eigenvalue weighted by atomic mass is 16.5. The molecule has 126 valence electrons. The van der Waals surface area contributed by atoms with Crippen LogP contribution in [0, 0.1) is 0 Å². The van der Waals surface area contributed by atoms with Crippen molar-refractivity contribution >= 4 is 17.3 Å². The topological polar surface area (TPSA) is 67.4 Å². The number of anilines is 2. The minimum absolute atomic E-state index is 0.180. The van der Waals surface area contributed by atoms with Gasteiger partial charge in [0.05, 0.1) is 6.20 Å². The minimum atomic E-state index is -0.180. The number of benzene rings is 2. The van der Waals surface area contributed by atoms with Crippen LogP contribution in [0.25, 0.3) is 0 Å². The summed E-state index contributed by atoms with van der Waals surface area (Å²) in [4.78, 5) is 22.4. The smallest absolute Gasteiger partial charge is 0.255 e. The lowest BCUT2D eigenvalue weighted by Crippen LogP contribution is -2.14.